The number of hydrogen-bond acceptors (Lipinski definition) is 6. The maximum Gasteiger partial charge on any atom is 0.271 e. The summed E-state index contributed by atoms with van der Waals surface area (Å²) in [6.07, 6.45) is 0.944. The van der Waals surface area contributed by atoms with Crippen molar-refractivity contribution < 1.29 is 22.9 Å². The van der Waals surface area contributed by atoms with Gasteiger partial charge in [-0.1, -0.05) is 23.8 Å². The number of sulfonamides is 1. The highest BCUT2D eigenvalue weighted by atomic mass is 32.2. The molecule has 2 aromatic rings. The lowest BCUT2D eigenvalue weighted by Gasteiger charge is -2.29. The lowest BCUT2D eigenvalue weighted by Crippen LogP contribution is -2.50. The molecule has 0 bridgehead atoms. The average molecular weight is 436 g/mol. The fourth-order valence-corrected chi connectivity index (χ4v) is 3.98. The van der Waals surface area contributed by atoms with E-state index in [4.69, 9.17) is 4.74 Å². The van der Waals surface area contributed by atoms with Crippen LogP contribution < -0.4 is 14.4 Å². The number of hydrogen-bond donors (Lipinski definition) is 1. The fraction of sp³-hybridized carbons (Fsp3) is 0.350. The zero-order chi connectivity index (χ0) is 22.5. The number of anilines is 1. The van der Waals surface area contributed by atoms with Crippen molar-refractivity contribution in [2.24, 2.45) is 0 Å². The Kier molecular flexibility index (Phi) is 7.38. The number of nitrogens with zero attached hydrogens (tertiary/aromatic N) is 2. The topological polar surface area (TPSA) is 119 Å². The van der Waals surface area contributed by atoms with Gasteiger partial charge in [-0.3, -0.25) is 19.2 Å². The Labute approximate surface area is 175 Å². The molecule has 2 rings (SSSR count). The molecule has 0 saturated carbocycles. The number of benzene rings is 2. The van der Waals surface area contributed by atoms with Gasteiger partial charge in [0, 0.05) is 12.1 Å². The quantitative estimate of drug-likeness (QED) is 0.478. The number of amides is 1. The van der Waals surface area contributed by atoms with Crippen LogP contribution in [0.5, 0.6) is 5.75 Å². The molecular weight excluding hydrogens is 410 g/mol. The maximum atomic E-state index is 12.7. The van der Waals surface area contributed by atoms with Crippen LogP contribution >= 0.6 is 0 Å². The third-order valence-corrected chi connectivity index (χ3v) is 5.53. The van der Waals surface area contributed by atoms with Crippen LogP contribution in [0.3, 0.4) is 0 Å². The predicted octanol–water partition coefficient (Wildman–Crippen LogP) is 2.64. The molecule has 0 saturated heterocycles. The first-order valence-corrected chi connectivity index (χ1v) is 11.1. The van der Waals surface area contributed by atoms with Gasteiger partial charge >= 0.3 is 0 Å². The van der Waals surface area contributed by atoms with Gasteiger partial charge in [0.05, 0.1) is 22.9 Å². The van der Waals surface area contributed by atoms with Crippen LogP contribution in [0.15, 0.2) is 48.5 Å². The summed E-state index contributed by atoms with van der Waals surface area (Å²) < 4.78 is 31.2. The summed E-state index contributed by atoms with van der Waals surface area (Å²) in [7, 11) is -3.88. The number of rotatable bonds is 9. The van der Waals surface area contributed by atoms with Gasteiger partial charge in [-0.05, 0) is 39.0 Å². The third-order valence-electron chi connectivity index (χ3n) is 4.29. The van der Waals surface area contributed by atoms with Gasteiger partial charge in [0.2, 0.25) is 15.9 Å². The van der Waals surface area contributed by atoms with E-state index in [1.54, 1.807) is 6.92 Å². The number of carbonyl (C=O) groups excluding carboxylic acids is 1. The van der Waals surface area contributed by atoms with Gasteiger partial charge < -0.3 is 10.1 Å². The van der Waals surface area contributed by atoms with Crippen LogP contribution in [-0.2, 0) is 14.8 Å². The van der Waals surface area contributed by atoms with Crippen molar-refractivity contribution in [3.8, 4) is 5.75 Å². The first-order valence-electron chi connectivity index (χ1n) is 9.22. The van der Waals surface area contributed by atoms with E-state index in [1.807, 2.05) is 31.2 Å². The monoisotopic (exact) mass is 435 g/mol. The second-order valence-corrected chi connectivity index (χ2v) is 8.90. The van der Waals surface area contributed by atoms with Crippen LogP contribution in [0.1, 0.15) is 19.4 Å². The Balaban J connectivity index is 2.10. The molecule has 0 radical (unpaired) electrons. The lowest BCUT2D eigenvalue weighted by atomic mass is 10.2. The van der Waals surface area contributed by atoms with Crippen LogP contribution in [0, 0.1) is 17.0 Å². The van der Waals surface area contributed by atoms with Crippen molar-refractivity contribution in [3.05, 3.63) is 64.2 Å². The molecule has 1 N–H and O–H groups in total. The number of ether oxygens (including phenoxy) is 1. The van der Waals surface area contributed by atoms with E-state index in [0.717, 1.165) is 22.2 Å². The van der Waals surface area contributed by atoms with Crippen molar-refractivity contribution in [3.63, 3.8) is 0 Å². The van der Waals surface area contributed by atoms with E-state index >= 15 is 0 Å². The molecule has 2 aromatic carbocycles. The first kappa shape index (κ1) is 23.1. The fourth-order valence-electron chi connectivity index (χ4n) is 2.81. The van der Waals surface area contributed by atoms with E-state index in [0.29, 0.717) is 5.75 Å². The maximum absolute atomic E-state index is 12.7. The molecule has 0 aliphatic carbocycles. The molecule has 0 spiro atoms. The van der Waals surface area contributed by atoms with Crippen molar-refractivity contribution in [1.29, 1.82) is 0 Å². The minimum atomic E-state index is -3.88. The summed E-state index contributed by atoms with van der Waals surface area (Å²) >= 11 is 0. The second kappa shape index (κ2) is 9.57. The van der Waals surface area contributed by atoms with Crippen molar-refractivity contribution in [2.45, 2.75) is 32.9 Å². The van der Waals surface area contributed by atoms with Crippen LogP contribution in [0.2, 0.25) is 0 Å². The normalized spacial score (nSPS) is 13.2. The average Bonchev–Trinajstić information content (AvgIpc) is 2.66. The van der Waals surface area contributed by atoms with E-state index in [9.17, 15) is 23.3 Å². The molecule has 10 heteroatoms. The number of nitro groups is 1. The number of carbonyl (C=O) groups is 1. The second-order valence-electron chi connectivity index (χ2n) is 7.05. The number of nitro benzene ring substituents is 1. The smallest absolute Gasteiger partial charge is 0.271 e. The minimum absolute atomic E-state index is 0.0397. The van der Waals surface area contributed by atoms with E-state index in [2.05, 4.69) is 5.32 Å². The molecule has 2 unspecified atom stereocenters. The number of nitrogens with one attached hydrogen (secondary N) is 1. The molecule has 0 fully saturated rings. The standard InChI is InChI=1S/C20H25N3O6S/c1-14-8-10-19(11-9-14)29-13-15(2)21-20(24)16(3)22(30(4,27)28)17-6-5-7-18(12-17)23(25)26/h5-12,15-16H,13H2,1-4H3,(H,21,24). The summed E-state index contributed by atoms with van der Waals surface area (Å²) in [5, 5.41) is 13.7. The van der Waals surface area contributed by atoms with Crippen LogP contribution in [0.4, 0.5) is 11.4 Å². The molecule has 0 aliphatic rings. The molecule has 1 amide bonds. The Bertz CT molecular complexity index is 1010. The molecule has 0 aliphatic heterocycles. The summed E-state index contributed by atoms with van der Waals surface area (Å²) in [4.78, 5) is 23.1. The van der Waals surface area contributed by atoms with Crippen molar-refractivity contribution >= 4 is 27.3 Å². The summed E-state index contributed by atoms with van der Waals surface area (Å²) in [6, 6.07) is 11.1. The zero-order valence-corrected chi connectivity index (χ0v) is 18.0. The molecule has 0 aromatic heterocycles. The van der Waals surface area contributed by atoms with Gasteiger partial charge in [-0.2, -0.15) is 0 Å². The number of non-ortho nitro benzene ring substituents is 1. The third kappa shape index (κ3) is 6.18. The van der Waals surface area contributed by atoms with E-state index in [1.165, 1.54) is 25.1 Å². The Morgan fingerprint density at radius 3 is 2.40 bits per heavy atom. The first-order chi connectivity index (χ1) is 14.0. The summed E-state index contributed by atoms with van der Waals surface area (Å²) in [5.74, 6) is 0.107. The van der Waals surface area contributed by atoms with E-state index in [-0.39, 0.29) is 18.0 Å². The van der Waals surface area contributed by atoms with Crippen LogP contribution in [0.25, 0.3) is 0 Å². The highest BCUT2D eigenvalue weighted by Gasteiger charge is 2.30. The zero-order valence-electron chi connectivity index (χ0n) is 17.2. The number of aryl methyl sites for hydroxylation is 1. The molecule has 0 heterocycles. The lowest BCUT2D eigenvalue weighted by molar-refractivity contribution is -0.384. The minimum Gasteiger partial charge on any atom is -0.491 e. The van der Waals surface area contributed by atoms with Crippen molar-refractivity contribution in [1.82, 2.24) is 5.32 Å². The predicted molar refractivity (Wildman–Crippen MR) is 114 cm³/mol. The van der Waals surface area contributed by atoms with E-state index < -0.39 is 32.9 Å². The largest absolute Gasteiger partial charge is 0.491 e. The van der Waals surface area contributed by atoms with Gasteiger partial charge in [0.25, 0.3) is 5.69 Å². The summed E-state index contributed by atoms with van der Waals surface area (Å²) in [5.41, 5.74) is 0.867. The SMILES string of the molecule is Cc1ccc(OCC(C)NC(=O)C(C)N(c2cccc([N+](=O)[O-])c2)S(C)(=O)=O)cc1. The Morgan fingerprint density at radius 1 is 1.20 bits per heavy atom. The molecular formula is C20H25N3O6S. The highest BCUT2D eigenvalue weighted by molar-refractivity contribution is 7.92. The van der Waals surface area contributed by atoms with Crippen molar-refractivity contribution in [2.75, 3.05) is 17.2 Å². The van der Waals surface area contributed by atoms with Gasteiger partial charge in [-0.25, -0.2) is 8.42 Å². The van der Waals surface area contributed by atoms with Gasteiger partial charge in [0.1, 0.15) is 18.4 Å². The molecule has 2 atom stereocenters. The molecule has 162 valence electrons. The Morgan fingerprint density at radius 2 is 1.83 bits per heavy atom. The summed E-state index contributed by atoms with van der Waals surface area (Å²) in [6.45, 7) is 5.31. The molecule has 9 nitrogen and oxygen atoms in total. The van der Waals surface area contributed by atoms with Gasteiger partial charge in [0.15, 0.2) is 0 Å². The molecule has 30 heavy (non-hydrogen) atoms. The Hall–Kier alpha value is -3.14. The van der Waals surface area contributed by atoms with Gasteiger partial charge in [-0.15, -0.1) is 0 Å². The van der Waals surface area contributed by atoms with Crippen LogP contribution in [-0.4, -0.2) is 44.2 Å². The highest BCUT2D eigenvalue weighted by Crippen LogP contribution is 2.25.